The number of thiophene rings is 1. The van der Waals surface area contributed by atoms with E-state index in [0.29, 0.717) is 6.54 Å². The summed E-state index contributed by atoms with van der Waals surface area (Å²) in [6.45, 7) is 6.02. The van der Waals surface area contributed by atoms with Crippen molar-refractivity contribution in [3.8, 4) is 0 Å². The van der Waals surface area contributed by atoms with Gasteiger partial charge in [0.15, 0.2) is 0 Å². The summed E-state index contributed by atoms with van der Waals surface area (Å²) in [5.41, 5.74) is 0. The first kappa shape index (κ1) is 20.3. The largest absolute Gasteiger partial charge is 0.356 e. The van der Waals surface area contributed by atoms with E-state index in [2.05, 4.69) is 39.6 Å². The van der Waals surface area contributed by atoms with Crippen molar-refractivity contribution >= 4 is 23.2 Å². The summed E-state index contributed by atoms with van der Waals surface area (Å²) in [4.78, 5) is 30.7. The molecule has 1 N–H and O–H groups in total. The lowest BCUT2D eigenvalue weighted by molar-refractivity contribution is -0.134. The molecule has 1 aromatic rings. The molecule has 27 heavy (non-hydrogen) atoms. The molecule has 2 aliphatic heterocycles. The topological polar surface area (TPSA) is 52.7 Å². The highest BCUT2D eigenvalue weighted by Gasteiger charge is 2.32. The Morgan fingerprint density at radius 1 is 1.19 bits per heavy atom. The Labute approximate surface area is 167 Å². The second kappa shape index (κ2) is 10.2. The Hall–Kier alpha value is -1.40. The average molecular weight is 392 g/mol. The van der Waals surface area contributed by atoms with E-state index in [9.17, 15) is 9.59 Å². The van der Waals surface area contributed by atoms with Crippen LogP contribution in [0.3, 0.4) is 0 Å². The molecule has 0 radical (unpaired) electrons. The highest BCUT2D eigenvalue weighted by atomic mass is 32.1. The number of nitrogens with zero attached hydrogens (tertiary/aromatic N) is 2. The van der Waals surface area contributed by atoms with Crippen molar-refractivity contribution in [3.63, 3.8) is 0 Å². The monoisotopic (exact) mass is 391 g/mol. The first-order chi connectivity index (χ1) is 13.2. The van der Waals surface area contributed by atoms with Crippen LogP contribution in [0.5, 0.6) is 0 Å². The number of likely N-dealkylation sites (tertiary alicyclic amines) is 2. The fraction of sp³-hybridized carbons (Fsp3) is 0.714. The van der Waals surface area contributed by atoms with E-state index in [4.69, 9.17) is 0 Å². The lowest BCUT2D eigenvalue weighted by Gasteiger charge is -2.33. The molecule has 0 aromatic carbocycles. The number of hydrogen-bond donors (Lipinski definition) is 1. The molecule has 2 aliphatic rings. The summed E-state index contributed by atoms with van der Waals surface area (Å²) in [5, 5.41) is 5.17. The van der Waals surface area contributed by atoms with Crippen LogP contribution in [0.15, 0.2) is 17.5 Å². The van der Waals surface area contributed by atoms with Gasteiger partial charge in [0, 0.05) is 23.9 Å². The van der Waals surface area contributed by atoms with Crippen molar-refractivity contribution in [2.75, 3.05) is 32.7 Å². The van der Waals surface area contributed by atoms with Gasteiger partial charge >= 0.3 is 0 Å². The van der Waals surface area contributed by atoms with Crippen LogP contribution in [0.1, 0.15) is 62.8 Å². The van der Waals surface area contributed by atoms with Crippen LogP contribution in [-0.4, -0.2) is 54.3 Å². The number of rotatable bonds is 8. The molecule has 1 unspecified atom stereocenters. The van der Waals surface area contributed by atoms with E-state index in [1.54, 1.807) is 11.3 Å². The number of unbranched alkanes of at least 4 members (excludes halogenated alkanes) is 2. The van der Waals surface area contributed by atoms with Crippen molar-refractivity contribution in [2.45, 2.75) is 57.9 Å². The van der Waals surface area contributed by atoms with Crippen molar-refractivity contribution < 1.29 is 9.59 Å². The first-order valence-electron chi connectivity index (χ1n) is 10.5. The van der Waals surface area contributed by atoms with Crippen LogP contribution >= 0.6 is 11.3 Å². The molecular weight excluding hydrogens is 358 g/mol. The van der Waals surface area contributed by atoms with Gasteiger partial charge in [-0.15, -0.1) is 11.3 Å². The van der Waals surface area contributed by atoms with Gasteiger partial charge in [-0.25, -0.2) is 0 Å². The molecule has 0 bridgehead atoms. The zero-order valence-corrected chi connectivity index (χ0v) is 17.3. The third-order valence-electron chi connectivity index (χ3n) is 5.84. The van der Waals surface area contributed by atoms with E-state index in [-0.39, 0.29) is 23.8 Å². The molecule has 6 heteroatoms. The van der Waals surface area contributed by atoms with Crippen molar-refractivity contribution in [3.05, 3.63) is 22.4 Å². The van der Waals surface area contributed by atoms with Gasteiger partial charge < -0.3 is 10.2 Å². The van der Waals surface area contributed by atoms with Gasteiger partial charge in [-0.05, 0) is 56.6 Å². The zero-order chi connectivity index (χ0) is 19.1. The summed E-state index contributed by atoms with van der Waals surface area (Å²) < 4.78 is 0. The highest BCUT2D eigenvalue weighted by Crippen LogP contribution is 2.34. The minimum absolute atomic E-state index is 0.114. The molecule has 0 saturated carbocycles. The van der Waals surface area contributed by atoms with Gasteiger partial charge in [-0.2, -0.15) is 0 Å². The van der Waals surface area contributed by atoms with Gasteiger partial charge in [-0.3, -0.25) is 14.5 Å². The third-order valence-corrected chi connectivity index (χ3v) is 6.82. The molecule has 150 valence electrons. The zero-order valence-electron chi connectivity index (χ0n) is 16.5. The fourth-order valence-electron chi connectivity index (χ4n) is 4.21. The SMILES string of the molecule is CCCCCNC(=O)C1CCN(CC(=O)N2CCCC2c2cccs2)CC1. The summed E-state index contributed by atoms with van der Waals surface area (Å²) in [6.07, 6.45) is 7.30. The second-order valence-corrected chi connectivity index (χ2v) is 8.79. The Morgan fingerprint density at radius 2 is 2.00 bits per heavy atom. The number of carbonyl (C=O) groups is 2. The number of amides is 2. The third kappa shape index (κ3) is 5.55. The average Bonchev–Trinajstić information content (AvgIpc) is 3.36. The van der Waals surface area contributed by atoms with Crippen molar-refractivity contribution in [2.24, 2.45) is 5.92 Å². The normalized spacial score (nSPS) is 21.5. The van der Waals surface area contributed by atoms with Gasteiger partial charge in [0.05, 0.1) is 12.6 Å². The Bertz CT molecular complexity index is 597. The smallest absolute Gasteiger partial charge is 0.237 e. The Kier molecular flexibility index (Phi) is 7.70. The summed E-state index contributed by atoms with van der Waals surface area (Å²) in [7, 11) is 0. The van der Waals surface area contributed by atoms with Crippen LogP contribution in [-0.2, 0) is 9.59 Å². The lowest BCUT2D eigenvalue weighted by atomic mass is 9.96. The number of nitrogens with one attached hydrogen (secondary N) is 1. The minimum Gasteiger partial charge on any atom is -0.356 e. The number of hydrogen-bond acceptors (Lipinski definition) is 4. The number of piperidine rings is 1. The van der Waals surface area contributed by atoms with E-state index in [0.717, 1.165) is 58.3 Å². The van der Waals surface area contributed by atoms with Gasteiger partial charge in [0.1, 0.15) is 0 Å². The molecule has 3 rings (SSSR count). The molecule has 0 spiro atoms. The predicted octanol–water partition coefficient (Wildman–Crippen LogP) is 3.43. The van der Waals surface area contributed by atoms with E-state index >= 15 is 0 Å². The van der Waals surface area contributed by atoms with Gasteiger partial charge in [0.2, 0.25) is 11.8 Å². The summed E-state index contributed by atoms with van der Waals surface area (Å²) >= 11 is 1.75. The maximum Gasteiger partial charge on any atom is 0.237 e. The molecule has 2 saturated heterocycles. The van der Waals surface area contributed by atoms with Crippen LogP contribution in [0.25, 0.3) is 0 Å². The lowest BCUT2D eigenvalue weighted by Crippen LogP contribution is -2.45. The van der Waals surface area contributed by atoms with Crippen LogP contribution in [0, 0.1) is 5.92 Å². The van der Waals surface area contributed by atoms with Gasteiger partial charge in [-0.1, -0.05) is 25.8 Å². The molecule has 1 atom stereocenters. The van der Waals surface area contributed by atoms with Crippen LogP contribution in [0.4, 0.5) is 0 Å². The highest BCUT2D eigenvalue weighted by molar-refractivity contribution is 7.10. The van der Waals surface area contributed by atoms with Crippen molar-refractivity contribution in [1.29, 1.82) is 0 Å². The van der Waals surface area contributed by atoms with Gasteiger partial charge in [0.25, 0.3) is 0 Å². The molecular formula is C21H33N3O2S. The first-order valence-corrected chi connectivity index (χ1v) is 11.4. The Morgan fingerprint density at radius 3 is 2.70 bits per heavy atom. The molecule has 1 aromatic heterocycles. The standard InChI is InChI=1S/C21H33N3O2S/c1-2-3-4-11-22-21(26)17-9-13-23(14-10-17)16-20(25)24-12-5-7-18(24)19-8-6-15-27-19/h6,8,15,17-18H,2-5,7,9-14,16H2,1H3,(H,22,26). The quantitative estimate of drug-likeness (QED) is 0.691. The molecule has 2 fully saturated rings. The van der Waals surface area contributed by atoms with Crippen LogP contribution < -0.4 is 5.32 Å². The molecule has 2 amide bonds. The predicted molar refractivity (Wildman–Crippen MR) is 110 cm³/mol. The summed E-state index contributed by atoms with van der Waals surface area (Å²) in [6, 6.07) is 4.48. The molecule has 3 heterocycles. The maximum atomic E-state index is 12.8. The summed E-state index contributed by atoms with van der Waals surface area (Å²) in [5.74, 6) is 0.561. The van der Waals surface area contributed by atoms with E-state index in [1.165, 1.54) is 17.7 Å². The maximum absolute atomic E-state index is 12.8. The fourth-order valence-corrected chi connectivity index (χ4v) is 5.08. The van der Waals surface area contributed by atoms with Crippen LogP contribution in [0.2, 0.25) is 0 Å². The Balaban J connectivity index is 1.41. The number of carbonyl (C=O) groups excluding carboxylic acids is 2. The minimum atomic E-state index is 0.114. The molecule has 0 aliphatic carbocycles. The van der Waals surface area contributed by atoms with Crippen molar-refractivity contribution in [1.82, 2.24) is 15.1 Å². The second-order valence-electron chi connectivity index (χ2n) is 7.81. The molecule has 5 nitrogen and oxygen atoms in total. The van der Waals surface area contributed by atoms with E-state index < -0.39 is 0 Å². The van der Waals surface area contributed by atoms with E-state index in [1.807, 2.05) is 0 Å².